The molecule has 574 valence electrons. The third-order valence-electron chi connectivity index (χ3n) is 27.3. The zero-order valence-electron chi connectivity index (χ0n) is 70.7. The lowest BCUT2D eigenvalue weighted by Crippen LogP contribution is -2.61. The Morgan fingerprint density at radius 2 is 0.504 bits per heavy atom. The molecule has 19 aromatic carbocycles. The van der Waals surface area contributed by atoms with E-state index in [9.17, 15) is 0 Å². The average Bonchev–Trinajstić information content (AvgIpc) is 1.69. The molecule has 0 spiro atoms. The van der Waals surface area contributed by atoms with Crippen LogP contribution in [0.25, 0.3) is 164 Å². The third-order valence-corrected chi connectivity index (χ3v) is 27.3. The van der Waals surface area contributed by atoms with E-state index in [1.807, 2.05) is 0 Å². The SMILES string of the molecule is CC(C)(C)c1ccc(-c2cc(C(C)(C)C)cc(-c3ccccc3)c2N2c3cc(-n4c5ccc6cccc7c8cccc9ccc4c(c98)c5c67)ccc3B3c4ccc(-n5c6ccc7cccc8c9cccc%10ccc5c(c%109)c6c78)cc4N(c4c(-c5ccccc5)cc(C(C)(C)C)cc4-c4ccc(C(C)(C)C)cc4)c4cc(C(C)(C)C)cc2c43)cc1. The highest BCUT2D eigenvalue weighted by Gasteiger charge is 2.47. The van der Waals surface area contributed by atoms with E-state index in [1.165, 1.54) is 186 Å². The summed E-state index contributed by atoms with van der Waals surface area (Å²) in [4.78, 5) is 5.58. The molecule has 0 saturated carbocycles. The average molecular weight is 1530 g/mol. The van der Waals surface area contributed by atoms with E-state index in [0.717, 1.165) is 56.6 Å². The normalized spacial score (nSPS) is 13.6. The molecule has 119 heavy (non-hydrogen) atoms. The molecule has 5 heteroatoms. The molecule has 21 aromatic rings. The number of hydrogen-bond acceptors (Lipinski definition) is 2. The predicted octanol–water partition coefficient (Wildman–Crippen LogP) is 29.8. The quantitative estimate of drug-likeness (QED) is 0.0856. The summed E-state index contributed by atoms with van der Waals surface area (Å²) in [6.07, 6.45) is 0. The summed E-state index contributed by atoms with van der Waals surface area (Å²) in [6, 6.07) is 119. The van der Waals surface area contributed by atoms with E-state index in [2.05, 4.69) is 426 Å². The Labute approximate surface area is 697 Å². The maximum Gasteiger partial charge on any atom is 0.252 e. The fourth-order valence-corrected chi connectivity index (χ4v) is 21.1. The Morgan fingerprint density at radius 1 is 0.218 bits per heavy atom. The lowest BCUT2D eigenvalue weighted by Gasteiger charge is -2.47. The summed E-state index contributed by atoms with van der Waals surface area (Å²) in [5.74, 6) is 0. The minimum Gasteiger partial charge on any atom is -0.310 e. The molecule has 0 bridgehead atoms. The largest absolute Gasteiger partial charge is 0.310 e. The van der Waals surface area contributed by atoms with Gasteiger partial charge in [-0.2, -0.15) is 0 Å². The van der Waals surface area contributed by atoms with Crippen molar-refractivity contribution in [2.24, 2.45) is 0 Å². The van der Waals surface area contributed by atoms with E-state index in [4.69, 9.17) is 0 Å². The molecule has 0 atom stereocenters. The van der Waals surface area contributed by atoms with E-state index < -0.39 is 0 Å². The van der Waals surface area contributed by atoms with Gasteiger partial charge in [-0.15, -0.1) is 0 Å². The molecule has 0 radical (unpaired) electrons. The first kappa shape index (κ1) is 71.4. The molecule has 0 fully saturated rings. The summed E-state index contributed by atoms with van der Waals surface area (Å²) in [6.45, 7) is 35.3. The smallest absolute Gasteiger partial charge is 0.252 e. The van der Waals surface area contributed by atoms with Crippen LogP contribution in [0.5, 0.6) is 0 Å². The van der Waals surface area contributed by atoms with Crippen molar-refractivity contribution in [3.8, 4) is 55.9 Å². The van der Waals surface area contributed by atoms with Gasteiger partial charge >= 0.3 is 0 Å². The first-order chi connectivity index (χ1) is 57.2. The van der Waals surface area contributed by atoms with Crippen LogP contribution in [0.1, 0.15) is 132 Å². The van der Waals surface area contributed by atoms with Crippen molar-refractivity contribution in [1.29, 1.82) is 0 Å². The molecular formula is C114H95BN4. The zero-order chi connectivity index (χ0) is 81.1. The number of aromatic nitrogens is 2. The molecule has 2 aliphatic heterocycles. The van der Waals surface area contributed by atoms with Crippen molar-refractivity contribution in [2.45, 2.75) is 131 Å². The van der Waals surface area contributed by atoms with Gasteiger partial charge in [-0.3, -0.25) is 0 Å². The topological polar surface area (TPSA) is 16.3 Å². The number of rotatable bonds is 8. The van der Waals surface area contributed by atoms with Crippen LogP contribution >= 0.6 is 0 Å². The van der Waals surface area contributed by atoms with Crippen molar-refractivity contribution in [3.05, 3.63) is 331 Å². The lowest BCUT2D eigenvalue weighted by molar-refractivity contribution is 0.590. The molecule has 2 aromatic heterocycles. The van der Waals surface area contributed by atoms with E-state index in [1.54, 1.807) is 0 Å². The lowest BCUT2D eigenvalue weighted by atomic mass is 9.33. The summed E-state index contributed by atoms with van der Waals surface area (Å²) < 4.78 is 5.23. The second-order valence-corrected chi connectivity index (χ2v) is 39.6. The second kappa shape index (κ2) is 24.8. The van der Waals surface area contributed by atoms with Gasteiger partial charge in [0.2, 0.25) is 0 Å². The molecule has 0 amide bonds. The number of benzene rings is 19. The van der Waals surface area contributed by atoms with Gasteiger partial charge in [0.25, 0.3) is 6.71 Å². The Kier molecular flexibility index (Phi) is 14.9. The van der Waals surface area contributed by atoms with E-state index in [0.29, 0.717) is 0 Å². The van der Waals surface area contributed by atoms with Crippen molar-refractivity contribution in [2.75, 3.05) is 9.80 Å². The van der Waals surface area contributed by atoms with Crippen LogP contribution in [0.15, 0.2) is 303 Å². The monoisotopic (exact) mass is 1530 g/mol. The number of fused-ring (bicyclic) bond motifs is 6. The number of anilines is 6. The summed E-state index contributed by atoms with van der Waals surface area (Å²) in [5.41, 5.74) is 32.5. The van der Waals surface area contributed by atoms with Gasteiger partial charge in [0.1, 0.15) is 0 Å². The van der Waals surface area contributed by atoms with Gasteiger partial charge in [0, 0.05) is 77.9 Å². The van der Waals surface area contributed by atoms with Crippen LogP contribution in [0.4, 0.5) is 34.1 Å². The van der Waals surface area contributed by atoms with Crippen LogP contribution in [-0.2, 0) is 27.1 Å². The first-order valence-electron chi connectivity index (χ1n) is 42.8. The van der Waals surface area contributed by atoms with Gasteiger partial charge in [0.15, 0.2) is 0 Å². The number of hydrogen-bond donors (Lipinski definition) is 0. The Morgan fingerprint density at radius 3 is 0.798 bits per heavy atom. The van der Waals surface area contributed by atoms with E-state index in [-0.39, 0.29) is 33.8 Å². The summed E-state index contributed by atoms with van der Waals surface area (Å²) in [7, 11) is 0. The summed E-state index contributed by atoms with van der Waals surface area (Å²) >= 11 is 0. The van der Waals surface area contributed by atoms with Crippen LogP contribution in [0, 0.1) is 0 Å². The fourth-order valence-electron chi connectivity index (χ4n) is 21.1. The van der Waals surface area contributed by atoms with Crippen LogP contribution in [0.3, 0.4) is 0 Å². The molecular weight excluding hydrogens is 1440 g/mol. The zero-order valence-corrected chi connectivity index (χ0v) is 70.7. The third kappa shape index (κ3) is 10.4. The highest BCUT2D eigenvalue weighted by Crippen LogP contribution is 2.58. The second-order valence-electron chi connectivity index (χ2n) is 39.6. The molecule has 0 unspecified atom stereocenters. The van der Waals surface area contributed by atoms with Gasteiger partial charge in [-0.05, 0) is 243 Å². The molecule has 4 heterocycles. The molecule has 23 rings (SSSR count). The Hall–Kier alpha value is -13.0. The van der Waals surface area contributed by atoms with Gasteiger partial charge in [-0.25, -0.2) is 0 Å². The van der Waals surface area contributed by atoms with Crippen molar-refractivity contribution in [3.63, 3.8) is 0 Å². The Balaban J connectivity index is 0.899. The molecule has 0 N–H and O–H groups in total. The molecule has 4 nitrogen and oxygen atoms in total. The first-order valence-corrected chi connectivity index (χ1v) is 42.8. The van der Waals surface area contributed by atoms with Crippen LogP contribution in [0.2, 0.25) is 0 Å². The predicted molar refractivity (Wildman–Crippen MR) is 514 cm³/mol. The minimum absolute atomic E-state index is 0.0669. The highest BCUT2D eigenvalue weighted by molar-refractivity contribution is 7.00. The van der Waals surface area contributed by atoms with Crippen molar-refractivity contribution in [1.82, 2.24) is 9.13 Å². The van der Waals surface area contributed by atoms with Gasteiger partial charge in [0.05, 0.1) is 33.4 Å². The fraction of sp³-hybridized carbons (Fsp3) is 0.175. The van der Waals surface area contributed by atoms with Crippen molar-refractivity contribution < 1.29 is 0 Å². The molecule has 0 aliphatic carbocycles. The summed E-state index contributed by atoms with van der Waals surface area (Å²) in [5, 5.41) is 20.8. The van der Waals surface area contributed by atoms with E-state index >= 15 is 0 Å². The maximum atomic E-state index is 2.79. The van der Waals surface area contributed by atoms with Gasteiger partial charge in [-0.1, -0.05) is 322 Å². The van der Waals surface area contributed by atoms with Crippen LogP contribution in [-0.4, -0.2) is 15.8 Å². The number of nitrogens with zero attached hydrogens (tertiary/aromatic N) is 4. The molecule has 0 saturated heterocycles. The minimum atomic E-state index is -0.368. The highest BCUT2D eigenvalue weighted by atomic mass is 15.2. The standard InChI is InChI=1S/C114H95BN4/c1-110(2,3)74-46-38-68(39-47-74)87-60-76(112(7,8)9)58-85(66-26-18-16-19-27-66)108(87)118-95-64-79(116-91-54-42-70-30-22-34-81-82-35-23-31-71-43-55-92(116)104(100(71)82)103(91)99(70)81)50-52-89(95)115-90-53-51-80(117-93-56-44-72-32-24-36-83-84-37-25-33-73-45-57-94(117)106(102(73)84)105(93)101(72)83)65-96(90)119(98-63-78(114(13,14)15)62-97(118)107(98)115)109-86(67-28-20-17-21-29-67)59-77(113(10,11)12)61-88(109)69-40-48-75(49-41-69)111(4,5)6/h16-65H,1-15H3. The Bertz CT molecular complexity index is 7110. The maximum absolute atomic E-state index is 2.79. The van der Waals surface area contributed by atoms with Gasteiger partial charge < -0.3 is 18.9 Å². The molecule has 2 aliphatic rings. The van der Waals surface area contributed by atoms with Crippen molar-refractivity contribution >= 4 is 165 Å². The van der Waals surface area contributed by atoms with Crippen LogP contribution < -0.4 is 26.2 Å².